The minimum absolute atomic E-state index is 0.0261. The van der Waals surface area contributed by atoms with Crippen LogP contribution in [0.3, 0.4) is 0 Å². The zero-order valence-electron chi connectivity index (χ0n) is 25.9. The maximum atomic E-state index is 14.3. The van der Waals surface area contributed by atoms with Gasteiger partial charge in [-0.05, 0) is 76.7 Å². The number of benzene rings is 2. The number of hydrogen-bond donors (Lipinski definition) is 5. The Morgan fingerprint density at radius 1 is 0.980 bits per heavy atom. The Hall–Kier alpha value is -5.10. The van der Waals surface area contributed by atoms with E-state index in [0.29, 0.717) is 44.7 Å². The molecule has 0 saturated carbocycles. The summed E-state index contributed by atoms with van der Waals surface area (Å²) < 4.78 is 10.8. The molecule has 0 unspecified atom stereocenters. The molecule has 17 nitrogen and oxygen atoms in total. The van der Waals surface area contributed by atoms with Crippen LogP contribution in [0, 0.1) is 0 Å². The summed E-state index contributed by atoms with van der Waals surface area (Å²) in [4.78, 5) is 93.8. The van der Waals surface area contributed by atoms with Crippen molar-refractivity contribution in [2.75, 3.05) is 6.54 Å². The highest BCUT2D eigenvalue weighted by atomic mass is 16.7. The number of imide groups is 1. The van der Waals surface area contributed by atoms with Gasteiger partial charge in [-0.1, -0.05) is 0 Å². The lowest BCUT2D eigenvalue weighted by atomic mass is 9.74. The summed E-state index contributed by atoms with van der Waals surface area (Å²) in [5.74, 6) is -6.12. The number of nitrogens with zero attached hydrogens (tertiary/aromatic N) is 2. The van der Waals surface area contributed by atoms with Gasteiger partial charge in [0.05, 0.1) is 19.6 Å². The van der Waals surface area contributed by atoms with Gasteiger partial charge in [-0.3, -0.25) is 24.0 Å². The van der Waals surface area contributed by atoms with Crippen molar-refractivity contribution in [3.63, 3.8) is 0 Å². The van der Waals surface area contributed by atoms with Crippen molar-refractivity contribution in [1.29, 1.82) is 0 Å². The lowest BCUT2D eigenvalue weighted by Crippen LogP contribution is -2.51. The molecule has 49 heavy (non-hydrogen) atoms. The molecule has 2 atom stereocenters. The van der Waals surface area contributed by atoms with Crippen molar-refractivity contribution in [2.45, 2.75) is 63.8 Å². The molecule has 2 fully saturated rings. The van der Waals surface area contributed by atoms with Crippen LogP contribution in [0.25, 0.3) is 11.1 Å². The number of fused-ring (bicyclic) bond motifs is 2. The molecule has 2 aromatic rings. The molecule has 2 aromatic carbocycles. The zero-order valence-corrected chi connectivity index (χ0v) is 25.9. The van der Waals surface area contributed by atoms with Gasteiger partial charge in [0, 0.05) is 30.5 Å². The Morgan fingerprint density at radius 2 is 1.67 bits per heavy atom. The first-order valence-electron chi connectivity index (χ1n) is 15.5. The Labute approximate surface area is 278 Å². The smallest absolute Gasteiger partial charge is 0.480 e. The molecule has 0 radical (unpaired) electrons. The van der Waals surface area contributed by atoms with Crippen LogP contribution >= 0.6 is 0 Å². The number of carboxylic acid groups (broad SMARTS) is 1. The first-order valence-corrected chi connectivity index (χ1v) is 15.5. The van der Waals surface area contributed by atoms with Crippen LogP contribution in [0.5, 0.6) is 0 Å². The number of likely N-dealkylation sites (tertiary alicyclic amines) is 1. The Morgan fingerprint density at radius 3 is 2.37 bits per heavy atom. The van der Waals surface area contributed by atoms with Crippen molar-refractivity contribution in [2.24, 2.45) is 5.73 Å². The Balaban J connectivity index is 1.25. The van der Waals surface area contributed by atoms with Crippen LogP contribution in [0.1, 0.15) is 70.4 Å². The molecule has 4 heterocycles. The van der Waals surface area contributed by atoms with E-state index in [1.807, 2.05) is 0 Å². The highest BCUT2D eigenvalue weighted by Gasteiger charge is 2.40. The highest BCUT2D eigenvalue weighted by Crippen LogP contribution is 2.34. The summed E-state index contributed by atoms with van der Waals surface area (Å²) in [6, 6.07) is 3.25. The first-order chi connectivity index (χ1) is 23.3. The monoisotopic (exact) mass is 676 g/mol. The molecule has 0 spiro atoms. The third kappa shape index (κ3) is 6.52. The number of rotatable bonds is 10. The van der Waals surface area contributed by atoms with E-state index in [0.717, 1.165) is 0 Å². The number of carbonyl (C=O) groups excluding carboxylic acids is 6. The normalized spacial score (nSPS) is 18.9. The average molecular weight is 676 g/mol. The fraction of sp³-hybridized carbons (Fsp3) is 0.367. The molecule has 0 aliphatic carbocycles. The van der Waals surface area contributed by atoms with Crippen LogP contribution in [0.15, 0.2) is 24.3 Å². The fourth-order valence-corrected chi connectivity index (χ4v) is 6.41. The summed E-state index contributed by atoms with van der Waals surface area (Å²) in [5, 5.41) is 33.4. The quantitative estimate of drug-likeness (QED) is 0.129. The van der Waals surface area contributed by atoms with E-state index in [4.69, 9.17) is 19.9 Å². The molecular formula is C30H30B2N4O13. The Bertz CT molecular complexity index is 1790. The fourth-order valence-electron chi connectivity index (χ4n) is 6.41. The summed E-state index contributed by atoms with van der Waals surface area (Å²) in [7, 11) is -2.67. The second-order valence-electron chi connectivity index (χ2n) is 12.0. The van der Waals surface area contributed by atoms with Gasteiger partial charge in [0.2, 0.25) is 11.8 Å². The van der Waals surface area contributed by atoms with Crippen molar-refractivity contribution >= 4 is 66.6 Å². The van der Waals surface area contributed by atoms with Gasteiger partial charge in [-0.15, -0.1) is 5.06 Å². The third-order valence-electron chi connectivity index (χ3n) is 8.95. The average Bonchev–Trinajstić information content (AvgIpc) is 3.86. The van der Waals surface area contributed by atoms with Gasteiger partial charge in [-0.25, -0.2) is 9.59 Å². The molecule has 6 N–H and O–H groups in total. The van der Waals surface area contributed by atoms with E-state index in [1.54, 1.807) is 6.07 Å². The van der Waals surface area contributed by atoms with E-state index >= 15 is 0 Å². The molecule has 19 heteroatoms. The SMILES string of the molecule is NC(=O)c1cc2c(c(-c3cc4c(cc3C(=O)N3CCC[C@H]3C(=O)N[C@@H](CCC(=O)ON3C(=O)CCC3=O)C(=O)O)B(O)OC4)c1)COB2O. The van der Waals surface area contributed by atoms with Crippen molar-refractivity contribution in [3.05, 3.63) is 46.5 Å². The third-order valence-corrected chi connectivity index (χ3v) is 8.95. The molecule has 2 saturated heterocycles. The summed E-state index contributed by atoms with van der Waals surface area (Å²) in [6.07, 6.45) is -0.626. The van der Waals surface area contributed by atoms with E-state index < -0.39 is 80.6 Å². The largest absolute Gasteiger partial charge is 0.491 e. The van der Waals surface area contributed by atoms with Gasteiger partial charge in [-0.2, -0.15) is 0 Å². The van der Waals surface area contributed by atoms with E-state index in [9.17, 15) is 48.7 Å². The van der Waals surface area contributed by atoms with Gasteiger partial charge < -0.3 is 45.3 Å². The number of hydrogen-bond acceptors (Lipinski definition) is 12. The van der Waals surface area contributed by atoms with Crippen LogP contribution in [0.2, 0.25) is 0 Å². The molecule has 254 valence electrons. The van der Waals surface area contributed by atoms with E-state index in [-0.39, 0.29) is 50.1 Å². The predicted molar refractivity (Wildman–Crippen MR) is 165 cm³/mol. The topological polar surface area (TPSA) is 252 Å². The number of nitrogens with one attached hydrogen (secondary N) is 1. The number of hydroxylamine groups is 2. The lowest BCUT2D eigenvalue weighted by molar-refractivity contribution is -0.197. The number of carbonyl (C=O) groups is 7. The second kappa shape index (κ2) is 13.4. The molecule has 5 amide bonds. The Kier molecular flexibility index (Phi) is 9.26. The molecule has 0 bridgehead atoms. The predicted octanol–water partition coefficient (Wildman–Crippen LogP) is -2.55. The van der Waals surface area contributed by atoms with Crippen molar-refractivity contribution < 1.29 is 62.9 Å². The van der Waals surface area contributed by atoms with Gasteiger partial charge in [0.1, 0.15) is 12.1 Å². The molecular weight excluding hydrogens is 646 g/mol. The highest BCUT2D eigenvalue weighted by molar-refractivity contribution is 6.62. The number of aliphatic carboxylic acids is 1. The summed E-state index contributed by atoms with van der Waals surface area (Å²) >= 11 is 0. The summed E-state index contributed by atoms with van der Waals surface area (Å²) in [5.41, 5.74) is 8.02. The van der Waals surface area contributed by atoms with Crippen molar-refractivity contribution in [3.8, 4) is 11.1 Å². The van der Waals surface area contributed by atoms with Gasteiger partial charge in [0.25, 0.3) is 17.7 Å². The van der Waals surface area contributed by atoms with E-state index in [1.165, 1.54) is 23.1 Å². The zero-order chi connectivity index (χ0) is 35.1. The minimum atomic E-state index is -1.57. The summed E-state index contributed by atoms with van der Waals surface area (Å²) in [6.45, 7) is 0.103. The minimum Gasteiger partial charge on any atom is -0.480 e. The van der Waals surface area contributed by atoms with E-state index in [2.05, 4.69) is 5.32 Å². The number of carboxylic acids is 1. The molecule has 0 aromatic heterocycles. The standard InChI is InChI=1S/C30H30B2N4O13/c33-27(40)14-8-17(19-13-48-32(46)21(19)10-14)16-9-15-12-47-31(45)20(15)11-18(16)29(42)35-7-1-2-23(35)28(41)34-22(30(43)44)3-6-26(39)49-36-24(37)4-5-25(36)38/h8-11,22-23,45-46H,1-7,12-13H2,(H2,33,40)(H,34,41)(H,43,44)/t22-,23-/m0/s1. The second-order valence-corrected chi connectivity index (χ2v) is 12.0. The molecule has 6 rings (SSSR count). The maximum absolute atomic E-state index is 14.3. The molecule has 4 aliphatic heterocycles. The van der Waals surface area contributed by atoms with Crippen LogP contribution in [-0.4, -0.2) is 99.5 Å². The van der Waals surface area contributed by atoms with Crippen LogP contribution in [0.4, 0.5) is 0 Å². The number of amides is 5. The lowest BCUT2D eigenvalue weighted by Gasteiger charge is -2.27. The van der Waals surface area contributed by atoms with Crippen LogP contribution in [-0.2, 0) is 51.3 Å². The molecule has 4 aliphatic rings. The van der Waals surface area contributed by atoms with Crippen LogP contribution < -0.4 is 22.0 Å². The van der Waals surface area contributed by atoms with Gasteiger partial charge in [0.15, 0.2) is 0 Å². The number of primary amides is 1. The van der Waals surface area contributed by atoms with Crippen molar-refractivity contribution in [1.82, 2.24) is 15.3 Å². The first kappa shape index (κ1) is 33.8. The number of nitrogens with two attached hydrogens (primary N) is 1. The maximum Gasteiger partial charge on any atom is 0.491 e. The van der Waals surface area contributed by atoms with Gasteiger partial charge >= 0.3 is 26.2 Å².